The number of hydrogen-bond acceptors (Lipinski definition) is 6. The molecule has 0 spiro atoms. The molecule has 0 aliphatic carbocycles. The third-order valence-corrected chi connectivity index (χ3v) is 5.00. The van der Waals surface area contributed by atoms with Crippen LogP contribution in [0.2, 0.25) is 0 Å². The van der Waals surface area contributed by atoms with E-state index in [-0.39, 0.29) is 23.8 Å². The van der Waals surface area contributed by atoms with Crippen molar-refractivity contribution in [1.29, 1.82) is 5.41 Å². The first kappa shape index (κ1) is 24.8. The zero-order chi connectivity index (χ0) is 22.0. The summed E-state index contributed by atoms with van der Waals surface area (Å²) in [7, 11) is 0. The van der Waals surface area contributed by atoms with Crippen molar-refractivity contribution in [2.75, 3.05) is 19.6 Å². The Labute approximate surface area is 173 Å². The molecule has 8 N–H and O–H groups in total. The van der Waals surface area contributed by atoms with Crippen molar-refractivity contribution in [2.45, 2.75) is 71.0 Å². The summed E-state index contributed by atoms with van der Waals surface area (Å²) < 4.78 is 0. The van der Waals surface area contributed by atoms with Gasteiger partial charge in [0.2, 0.25) is 17.7 Å². The molecule has 0 aromatic heterocycles. The van der Waals surface area contributed by atoms with Crippen LogP contribution in [0.5, 0.6) is 0 Å². The fraction of sp³-hybridized carbons (Fsp3) is 0.789. The van der Waals surface area contributed by atoms with Crippen LogP contribution in [0.1, 0.15) is 52.9 Å². The Morgan fingerprint density at radius 1 is 1.24 bits per heavy atom. The van der Waals surface area contributed by atoms with Gasteiger partial charge in [0.1, 0.15) is 6.04 Å². The molecule has 1 heterocycles. The minimum absolute atomic E-state index is 0.162. The number of carbonyl (C=O) groups is 3. The molecule has 10 nitrogen and oxygen atoms in total. The number of nitrogens with one attached hydrogen (secondary N) is 4. The van der Waals surface area contributed by atoms with Gasteiger partial charge in [-0.2, -0.15) is 0 Å². The van der Waals surface area contributed by atoms with Gasteiger partial charge in [-0.3, -0.25) is 30.0 Å². The fourth-order valence-corrected chi connectivity index (χ4v) is 3.49. The van der Waals surface area contributed by atoms with E-state index in [1.165, 1.54) is 0 Å². The molecular formula is C19H37N7O3. The van der Waals surface area contributed by atoms with Gasteiger partial charge in [-0.05, 0) is 51.1 Å². The molecule has 29 heavy (non-hydrogen) atoms. The molecule has 0 radical (unpaired) electrons. The predicted molar refractivity (Wildman–Crippen MR) is 112 cm³/mol. The van der Waals surface area contributed by atoms with E-state index in [1.807, 2.05) is 25.7 Å². The van der Waals surface area contributed by atoms with Crippen molar-refractivity contribution < 1.29 is 14.4 Å². The number of likely N-dealkylation sites (tertiary alicyclic amines) is 1. The smallest absolute Gasteiger partial charge is 0.249 e. The van der Waals surface area contributed by atoms with Crippen molar-refractivity contribution in [3.8, 4) is 0 Å². The Hall–Kier alpha value is -2.20. The lowest BCUT2D eigenvalue weighted by atomic mass is 10.0. The highest BCUT2D eigenvalue weighted by Gasteiger charge is 2.32. The van der Waals surface area contributed by atoms with Crippen molar-refractivity contribution >= 4 is 23.7 Å². The molecule has 1 aliphatic heterocycles. The first-order chi connectivity index (χ1) is 13.6. The Kier molecular flexibility index (Phi) is 10.6. The van der Waals surface area contributed by atoms with Gasteiger partial charge < -0.3 is 22.1 Å². The number of guanidine groups is 1. The van der Waals surface area contributed by atoms with Crippen LogP contribution in [-0.4, -0.2) is 66.3 Å². The minimum Gasteiger partial charge on any atom is -0.370 e. The largest absolute Gasteiger partial charge is 0.370 e. The molecule has 0 aromatic carbocycles. The van der Waals surface area contributed by atoms with Crippen LogP contribution in [0.15, 0.2) is 0 Å². The Morgan fingerprint density at radius 3 is 2.52 bits per heavy atom. The normalized spacial score (nSPS) is 18.9. The molecule has 3 amide bonds. The van der Waals surface area contributed by atoms with E-state index in [9.17, 15) is 14.4 Å². The van der Waals surface area contributed by atoms with Gasteiger partial charge in [0.25, 0.3) is 0 Å². The minimum atomic E-state index is -0.880. The highest BCUT2D eigenvalue weighted by atomic mass is 16.2. The number of amides is 3. The quantitative estimate of drug-likeness (QED) is 0.147. The predicted octanol–water partition coefficient (Wildman–Crippen LogP) is -0.765. The van der Waals surface area contributed by atoms with Crippen molar-refractivity contribution in [3.05, 3.63) is 0 Å². The average Bonchev–Trinajstić information content (AvgIpc) is 3.12. The number of nitrogens with zero attached hydrogens (tertiary/aromatic N) is 1. The second-order valence-electron chi connectivity index (χ2n) is 7.92. The summed E-state index contributed by atoms with van der Waals surface area (Å²) in [6.45, 7) is 7.87. The number of carbonyl (C=O) groups excluding carboxylic acids is 3. The molecule has 1 fully saturated rings. The zero-order valence-corrected chi connectivity index (χ0v) is 17.8. The van der Waals surface area contributed by atoms with Gasteiger partial charge in [0.15, 0.2) is 5.96 Å². The van der Waals surface area contributed by atoms with Gasteiger partial charge >= 0.3 is 0 Å². The number of hydrogen-bond donors (Lipinski definition) is 6. The first-order valence-corrected chi connectivity index (χ1v) is 10.4. The first-order valence-electron chi connectivity index (χ1n) is 10.4. The summed E-state index contributed by atoms with van der Waals surface area (Å²) in [6, 6.07) is -1.92. The van der Waals surface area contributed by atoms with E-state index >= 15 is 0 Å². The summed E-state index contributed by atoms with van der Waals surface area (Å²) >= 11 is 0. The fourth-order valence-electron chi connectivity index (χ4n) is 3.49. The highest BCUT2D eigenvalue weighted by molar-refractivity contribution is 6.01. The molecule has 1 aliphatic rings. The maximum atomic E-state index is 12.7. The molecule has 10 heteroatoms. The van der Waals surface area contributed by atoms with E-state index < -0.39 is 23.9 Å². The Balaban J connectivity index is 2.71. The van der Waals surface area contributed by atoms with Gasteiger partial charge in [0.05, 0.1) is 12.1 Å². The summed E-state index contributed by atoms with van der Waals surface area (Å²) in [5, 5.41) is 15.0. The molecule has 0 unspecified atom stereocenters. The molecule has 0 saturated carbocycles. The number of imide groups is 1. The number of rotatable bonds is 11. The van der Waals surface area contributed by atoms with E-state index in [4.69, 9.17) is 16.9 Å². The van der Waals surface area contributed by atoms with E-state index in [0.717, 1.165) is 19.5 Å². The van der Waals surface area contributed by atoms with Crippen LogP contribution in [0, 0.1) is 11.3 Å². The van der Waals surface area contributed by atoms with Crippen molar-refractivity contribution in [3.63, 3.8) is 0 Å². The Bertz CT molecular complexity index is 582. The molecule has 3 atom stereocenters. The molecule has 1 rings (SSSR count). The van der Waals surface area contributed by atoms with Crippen molar-refractivity contribution in [1.82, 2.24) is 20.9 Å². The van der Waals surface area contributed by atoms with Crippen LogP contribution >= 0.6 is 0 Å². The van der Waals surface area contributed by atoms with Gasteiger partial charge in [-0.15, -0.1) is 0 Å². The van der Waals surface area contributed by atoms with Crippen LogP contribution < -0.4 is 27.4 Å². The monoisotopic (exact) mass is 411 g/mol. The van der Waals surface area contributed by atoms with E-state index in [0.29, 0.717) is 32.2 Å². The molecule has 1 saturated heterocycles. The molecular weight excluding hydrogens is 374 g/mol. The summed E-state index contributed by atoms with van der Waals surface area (Å²) in [5.41, 5.74) is 11.2. The Morgan fingerprint density at radius 2 is 1.93 bits per heavy atom. The maximum Gasteiger partial charge on any atom is 0.249 e. The lowest BCUT2D eigenvalue weighted by Crippen LogP contribution is -2.55. The highest BCUT2D eigenvalue weighted by Crippen LogP contribution is 2.16. The van der Waals surface area contributed by atoms with Gasteiger partial charge in [-0.25, -0.2) is 0 Å². The van der Waals surface area contributed by atoms with Gasteiger partial charge in [0, 0.05) is 6.54 Å². The lowest BCUT2D eigenvalue weighted by molar-refractivity contribution is -0.136. The van der Waals surface area contributed by atoms with Crippen LogP contribution in [0.25, 0.3) is 0 Å². The van der Waals surface area contributed by atoms with Crippen LogP contribution in [0.3, 0.4) is 0 Å². The second-order valence-corrected chi connectivity index (χ2v) is 7.92. The standard InChI is InChI=1S/C19H37N7O3/c1-4-26-10-6-8-15(26)18(29)25-17(28)14(7-5-9-23-19(21)22)24-16(27)13(20)11-12(2)3/h12-15H,4-11,20H2,1-3H3,(H,24,27)(H4,21,22,23)(H,25,28,29)/t13-,14-,15-/m0/s1. The van der Waals surface area contributed by atoms with Crippen molar-refractivity contribution in [2.24, 2.45) is 17.4 Å². The SMILES string of the molecule is CCN1CCC[C@H]1C(=O)NC(=O)[C@H](CCCNC(=N)N)NC(=O)[C@@H](N)CC(C)C. The number of nitrogens with two attached hydrogens (primary N) is 2. The average molecular weight is 412 g/mol. The number of likely N-dealkylation sites (N-methyl/N-ethyl adjacent to an activating group) is 1. The zero-order valence-electron chi connectivity index (χ0n) is 17.8. The lowest BCUT2D eigenvalue weighted by Gasteiger charge is -2.24. The van der Waals surface area contributed by atoms with Crippen LogP contribution in [0.4, 0.5) is 0 Å². The summed E-state index contributed by atoms with van der Waals surface area (Å²) in [5.74, 6) is -1.20. The third kappa shape index (κ3) is 8.78. The molecule has 0 aromatic rings. The summed E-state index contributed by atoms with van der Waals surface area (Å²) in [6.07, 6.45) is 2.91. The second kappa shape index (κ2) is 12.4. The maximum absolute atomic E-state index is 12.7. The van der Waals surface area contributed by atoms with E-state index in [2.05, 4.69) is 16.0 Å². The van der Waals surface area contributed by atoms with E-state index in [1.54, 1.807) is 0 Å². The summed E-state index contributed by atoms with van der Waals surface area (Å²) in [4.78, 5) is 39.7. The molecule has 166 valence electrons. The van der Waals surface area contributed by atoms with Gasteiger partial charge in [-0.1, -0.05) is 20.8 Å². The third-order valence-electron chi connectivity index (χ3n) is 5.00. The topological polar surface area (TPSA) is 166 Å². The molecule has 0 bridgehead atoms. The van der Waals surface area contributed by atoms with Crippen LogP contribution in [-0.2, 0) is 14.4 Å².